The lowest BCUT2D eigenvalue weighted by Gasteiger charge is -2.09. The van der Waals surface area contributed by atoms with E-state index in [-0.39, 0.29) is 11.7 Å². The number of hydrogen-bond acceptors (Lipinski definition) is 3. The summed E-state index contributed by atoms with van der Waals surface area (Å²) in [5, 5.41) is 5.94. The highest BCUT2D eigenvalue weighted by Crippen LogP contribution is 2.20. The molecule has 2 rings (SSSR count). The van der Waals surface area contributed by atoms with Gasteiger partial charge in [0, 0.05) is 27.8 Å². The second-order valence-electron chi connectivity index (χ2n) is 7.50. The molecule has 0 aromatic heterocycles. The summed E-state index contributed by atoms with van der Waals surface area (Å²) >= 11 is 7.61. The minimum absolute atomic E-state index is 0.0110. The summed E-state index contributed by atoms with van der Waals surface area (Å²) < 4.78 is 0. The number of anilines is 1. The van der Waals surface area contributed by atoms with Gasteiger partial charge in [-0.2, -0.15) is 0 Å². The van der Waals surface area contributed by atoms with Crippen LogP contribution in [0.3, 0.4) is 0 Å². The number of carbonyl (C=O) groups excluding carboxylic acids is 1. The first-order chi connectivity index (χ1) is 15.7. The molecular formula is C28H33ClN2OS. The Balaban J connectivity index is 0.000000675. The van der Waals surface area contributed by atoms with Crippen molar-refractivity contribution in [3.63, 3.8) is 0 Å². The molecule has 0 saturated carbocycles. The van der Waals surface area contributed by atoms with E-state index < -0.39 is 0 Å². The molecule has 174 valence electrons. The Morgan fingerprint density at radius 2 is 1.64 bits per heavy atom. The number of rotatable bonds is 8. The first kappa shape index (κ1) is 28.2. The van der Waals surface area contributed by atoms with Gasteiger partial charge in [-0.1, -0.05) is 62.9 Å². The van der Waals surface area contributed by atoms with Crippen molar-refractivity contribution in [1.82, 2.24) is 0 Å². The number of halogens is 1. The van der Waals surface area contributed by atoms with Gasteiger partial charge in [-0.25, -0.2) is 4.99 Å². The quantitative estimate of drug-likeness (QED) is 0.177. The van der Waals surface area contributed by atoms with Gasteiger partial charge in [0.25, 0.3) is 0 Å². The van der Waals surface area contributed by atoms with E-state index in [1.54, 1.807) is 17.8 Å². The molecule has 0 unspecified atom stereocenters. The minimum atomic E-state index is -0.0110. The van der Waals surface area contributed by atoms with Crippen LogP contribution in [-0.2, 0) is 0 Å². The Hall–Kier alpha value is -2.82. The molecule has 0 atom stereocenters. The molecule has 0 saturated heterocycles. The average Bonchev–Trinajstić information content (AvgIpc) is 2.78. The summed E-state index contributed by atoms with van der Waals surface area (Å²) in [5.41, 5.74) is 3.33. The van der Waals surface area contributed by atoms with Gasteiger partial charge in [0.05, 0.1) is 5.70 Å². The normalized spacial score (nSPS) is 11.7. The van der Waals surface area contributed by atoms with Gasteiger partial charge < -0.3 is 5.32 Å². The van der Waals surface area contributed by atoms with E-state index in [1.807, 2.05) is 101 Å². The van der Waals surface area contributed by atoms with Crippen LogP contribution in [0.2, 0.25) is 5.02 Å². The zero-order valence-corrected chi connectivity index (χ0v) is 21.6. The van der Waals surface area contributed by atoms with Gasteiger partial charge in [0.2, 0.25) is 0 Å². The van der Waals surface area contributed by atoms with Crippen molar-refractivity contribution in [3.8, 4) is 0 Å². The standard InChI is InChI=1S/C22H23ClN2O.C6H10S/c1-5-6-21(17-7-11-19(23)12-8-17)25-16(4)24-20-13-9-18(10-14-20)22(26)15(2)3;1-4-5-7-6(2)3/h5-15H,1H2,2-4H3,(H,24,25);4-5H,2H2,1,3H3/b21-6-;5-4-. The largest absolute Gasteiger partial charge is 0.344 e. The van der Waals surface area contributed by atoms with Crippen LogP contribution in [0.15, 0.2) is 95.2 Å². The zero-order valence-electron chi connectivity index (χ0n) is 20.1. The van der Waals surface area contributed by atoms with E-state index in [0.29, 0.717) is 10.6 Å². The predicted molar refractivity (Wildman–Crippen MR) is 149 cm³/mol. The fourth-order valence-electron chi connectivity index (χ4n) is 2.58. The van der Waals surface area contributed by atoms with Crippen molar-refractivity contribution < 1.29 is 4.79 Å². The third-order valence-electron chi connectivity index (χ3n) is 4.13. The molecule has 0 spiro atoms. The molecule has 2 aromatic rings. The highest BCUT2D eigenvalue weighted by atomic mass is 35.5. The molecule has 3 nitrogen and oxygen atoms in total. The molecule has 5 heteroatoms. The van der Waals surface area contributed by atoms with Crippen molar-refractivity contribution in [2.24, 2.45) is 10.9 Å². The fraction of sp³-hybridized carbons (Fsp3) is 0.214. The molecular weight excluding hydrogens is 448 g/mol. The van der Waals surface area contributed by atoms with E-state index in [0.717, 1.165) is 27.7 Å². The summed E-state index contributed by atoms with van der Waals surface area (Å²) in [6.45, 7) is 17.1. The highest BCUT2D eigenvalue weighted by molar-refractivity contribution is 8.05. The summed E-state index contributed by atoms with van der Waals surface area (Å²) in [6, 6.07) is 14.9. The number of hydrogen-bond donors (Lipinski definition) is 1. The summed E-state index contributed by atoms with van der Waals surface area (Å²) in [4.78, 5) is 17.8. The third-order valence-corrected chi connectivity index (χ3v) is 5.19. The van der Waals surface area contributed by atoms with Crippen LogP contribution in [0.5, 0.6) is 0 Å². The van der Waals surface area contributed by atoms with E-state index in [4.69, 9.17) is 11.6 Å². The molecule has 1 N–H and O–H groups in total. The maximum absolute atomic E-state index is 12.0. The van der Waals surface area contributed by atoms with Crippen molar-refractivity contribution in [2.75, 3.05) is 5.32 Å². The Morgan fingerprint density at radius 3 is 2.09 bits per heavy atom. The van der Waals surface area contributed by atoms with Gasteiger partial charge in [-0.3, -0.25) is 4.79 Å². The second-order valence-corrected chi connectivity index (χ2v) is 9.14. The highest BCUT2D eigenvalue weighted by Gasteiger charge is 2.10. The monoisotopic (exact) mass is 480 g/mol. The number of Topliss-reactive ketones (excluding diaryl/α,β-unsaturated/α-hetero) is 1. The fourth-order valence-corrected chi connectivity index (χ4v) is 3.08. The minimum Gasteiger partial charge on any atom is -0.344 e. The first-order valence-electron chi connectivity index (χ1n) is 10.7. The summed E-state index contributed by atoms with van der Waals surface area (Å²) in [6.07, 6.45) is 5.55. The predicted octanol–water partition coefficient (Wildman–Crippen LogP) is 9.02. The van der Waals surface area contributed by atoms with E-state index in [1.165, 1.54) is 0 Å². The summed E-state index contributed by atoms with van der Waals surface area (Å²) in [5.74, 6) is 0.861. The molecule has 0 fully saturated rings. The molecule has 33 heavy (non-hydrogen) atoms. The molecule has 0 bridgehead atoms. The smallest absolute Gasteiger partial charge is 0.165 e. The number of benzene rings is 2. The van der Waals surface area contributed by atoms with Crippen molar-refractivity contribution in [1.29, 1.82) is 0 Å². The lowest BCUT2D eigenvalue weighted by atomic mass is 10.0. The van der Waals surface area contributed by atoms with E-state index >= 15 is 0 Å². The van der Waals surface area contributed by atoms with Crippen LogP contribution in [0, 0.1) is 5.92 Å². The number of ketones is 1. The molecule has 0 radical (unpaired) electrons. The summed E-state index contributed by atoms with van der Waals surface area (Å²) in [7, 11) is 0. The number of allylic oxidation sites excluding steroid dienone is 4. The Morgan fingerprint density at radius 1 is 1.06 bits per heavy atom. The number of nitrogens with one attached hydrogen (secondary N) is 1. The van der Waals surface area contributed by atoms with Crippen molar-refractivity contribution in [3.05, 3.63) is 106 Å². The molecule has 0 amide bonds. The van der Waals surface area contributed by atoms with Crippen LogP contribution in [0.1, 0.15) is 50.5 Å². The van der Waals surface area contributed by atoms with Crippen molar-refractivity contribution in [2.45, 2.75) is 34.6 Å². The maximum Gasteiger partial charge on any atom is 0.165 e. The molecule has 0 aliphatic carbocycles. The molecule has 2 aromatic carbocycles. The van der Waals surface area contributed by atoms with Gasteiger partial charge in [0.1, 0.15) is 5.84 Å². The number of thioether (sulfide) groups is 1. The molecule has 0 aliphatic rings. The Labute approximate surface area is 208 Å². The second kappa shape index (κ2) is 15.1. The van der Waals surface area contributed by atoms with E-state index in [2.05, 4.69) is 23.5 Å². The Bertz CT molecular complexity index is 1020. The molecule has 0 aliphatic heterocycles. The van der Waals surface area contributed by atoms with Crippen LogP contribution in [-0.4, -0.2) is 11.6 Å². The lowest BCUT2D eigenvalue weighted by molar-refractivity contribution is 0.0939. The third kappa shape index (κ3) is 11.0. The van der Waals surface area contributed by atoms with Crippen LogP contribution in [0.4, 0.5) is 5.69 Å². The van der Waals surface area contributed by atoms with Gasteiger partial charge in [-0.05, 0) is 73.6 Å². The van der Waals surface area contributed by atoms with Gasteiger partial charge >= 0.3 is 0 Å². The number of carbonyl (C=O) groups is 1. The van der Waals surface area contributed by atoms with E-state index in [9.17, 15) is 4.79 Å². The number of nitrogens with zero attached hydrogens (tertiary/aromatic N) is 1. The van der Waals surface area contributed by atoms with Crippen LogP contribution in [0.25, 0.3) is 5.70 Å². The Kier molecular flexibility index (Phi) is 12.9. The first-order valence-corrected chi connectivity index (χ1v) is 11.9. The van der Waals surface area contributed by atoms with Crippen molar-refractivity contribution >= 4 is 46.4 Å². The molecule has 0 heterocycles. The van der Waals surface area contributed by atoms with Crippen LogP contribution < -0.4 is 5.32 Å². The zero-order chi connectivity index (χ0) is 24.8. The number of aliphatic imine (C=N–C) groups is 1. The van der Waals surface area contributed by atoms with Crippen LogP contribution >= 0.6 is 23.4 Å². The maximum atomic E-state index is 12.0. The lowest BCUT2D eigenvalue weighted by Crippen LogP contribution is -2.09. The number of amidine groups is 1. The topological polar surface area (TPSA) is 41.5 Å². The van der Waals surface area contributed by atoms with Gasteiger partial charge in [0.15, 0.2) is 5.78 Å². The van der Waals surface area contributed by atoms with Gasteiger partial charge in [-0.15, -0.1) is 11.8 Å². The SMILES string of the molecule is C=C(C)S/C=C\C.C=C/C=C(\N=C(C)Nc1ccc(C(=O)C(C)C)cc1)c1ccc(Cl)cc1. The average molecular weight is 481 g/mol.